The molecule has 1 atom stereocenters. The molecule has 0 aliphatic rings. The third kappa shape index (κ3) is 3.61. The number of hydrogen-bond donors (Lipinski definition) is 1. The number of hydrogen-bond acceptors (Lipinski definition) is 5. The molecule has 0 amide bonds. The molecule has 0 bridgehead atoms. The minimum atomic E-state index is -4.76. The molecule has 0 spiro atoms. The summed E-state index contributed by atoms with van der Waals surface area (Å²) in [5.41, 5.74) is -0.222. The third-order valence-corrected chi connectivity index (χ3v) is 5.09. The van der Waals surface area contributed by atoms with Gasteiger partial charge in [0.15, 0.2) is 5.03 Å². The normalized spacial score (nSPS) is 13.8. The molecule has 1 N–H and O–H groups in total. The zero-order chi connectivity index (χ0) is 19.0. The Kier molecular flexibility index (Phi) is 5.09. The van der Waals surface area contributed by atoms with Crippen molar-refractivity contribution < 1.29 is 31.1 Å². The van der Waals surface area contributed by atoms with Crippen molar-refractivity contribution in [1.29, 1.82) is 0 Å². The van der Waals surface area contributed by atoms with E-state index in [1.807, 2.05) is 0 Å². The number of aromatic nitrogens is 2. The van der Waals surface area contributed by atoms with Crippen LogP contribution in [0.3, 0.4) is 0 Å². The van der Waals surface area contributed by atoms with Crippen molar-refractivity contribution in [2.45, 2.75) is 31.1 Å². The first-order valence-corrected chi connectivity index (χ1v) is 8.68. The first kappa shape index (κ1) is 19.2. The van der Waals surface area contributed by atoms with Crippen LogP contribution in [0.25, 0.3) is 10.9 Å². The summed E-state index contributed by atoms with van der Waals surface area (Å²) in [5, 5.41) is -0.370. The predicted molar refractivity (Wildman–Crippen MR) is 82.5 cm³/mol. The van der Waals surface area contributed by atoms with Crippen molar-refractivity contribution in [3.05, 3.63) is 24.0 Å². The van der Waals surface area contributed by atoms with Crippen LogP contribution in [0.2, 0.25) is 0 Å². The number of ether oxygens (including phenoxy) is 1. The molecule has 2 aromatic heterocycles. The Balaban J connectivity index is 2.66. The van der Waals surface area contributed by atoms with Crippen LogP contribution in [0.4, 0.5) is 13.2 Å². The van der Waals surface area contributed by atoms with E-state index in [4.69, 9.17) is 4.74 Å². The Labute approximate surface area is 141 Å². The van der Waals surface area contributed by atoms with Crippen molar-refractivity contribution in [3.63, 3.8) is 0 Å². The van der Waals surface area contributed by atoms with E-state index in [-0.39, 0.29) is 23.2 Å². The molecule has 0 aromatic carbocycles. The molecule has 25 heavy (non-hydrogen) atoms. The number of nitrogens with one attached hydrogen (secondary N) is 1. The van der Waals surface area contributed by atoms with E-state index in [1.165, 1.54) is 25.4 Å². The van der Waals surface area contributed by atoms with Crippen LogP contribution < -0.4 is 4.72 Å². The lowest BCUT2D eigenvalue weighted by atomic mass is 10.2. The molecule has 0 radical (unpaired) electrons. The Morgan fingerprint density at radius 1 is 1.44 bits per heavy atom. The molecule has 11 heteroatoms. The summed E-state index contributed by atoms with van der Waals surface area (Å²) < 4.78 is 70.6. The molecule has 2 heterocycles. The van der Waals surface area contributed by atoms with Crippen molar-refractivity contribution in [2.75, 3.05) is 6.61 Å². The standard InChI is InChI=1S/C14H16F3N3O4S/c1-4-24-13(21)11-9-6-5-7-18-10(9)12(20(11)3)25(22,23)19-8(2)14(15,16)17/h5-8,19H,4H2,1-3H3. The first-order valence-electron chi connectivity index (χ1n) is 7.20. The van der Waals surface area contributed by atoms with Gasteiger partial charge in [0.05, 0.1) is 6.61 Å². The molecule has 0 saturated heterocycles. The van der Waals surface area contributed by atoms with Gasteiger partial charge in [-0.1, -0.05) is 0 Å². The van der Waals surface area contributed by atoms with Crippen LogP contribution >= 0.6 is 0 Å². The minimum Gasteiger partial charge on any atom is -0.461 e. The monoisotopic (exact) mass is 379 g/mol. The number of esters is 1. The maximum Gasteiger partial charge on any atom is 0.404 e. The van der Waals surface area contributed by atoms with Crippen LogP contribution in [0, 0.1) is 0 Å². The number of rotatable bonds is 5. The number of sulfonamides is 1. The molecule has 1 unspecified atom stereocenters. The van der Waals surface area contributed by atoms with E-state index in [0.29, 0.717) is 6.92 Å². The highest BCUT2D eigenvalue weighted by molar-refractivity contribution is 7.89. The van der Waals surface area contributed by atoms with Gasteiger partial charge in [-0.05, 0) is 26.0 Å². The molecule has 0 saturated carbocycles. The lowest BCUT2D eigenvalue weighted by molar-refractivity contribution is -0.147. The van der Waals surface area contributed by atoms with Gasteiger partial charge in [0.2, 0.25) is 0 Å². The number of carbonyl (C=O) groups is 1. The number of halogens is 3. The summed E-state index contributed by atoms with van der Waals surface area (Å²) in [6.07, 6.45) is -3.48. The second-order valence-corrected chi connectivity index (χ2v) is 6.85. The maximum atomic E-state index is 12.7. The Hall–Kier alpha value is -2.14. The molecule has 7 nitrogen and oxygen atoms in total. The van der Waals surface area contributed by atoms with Gasteiger partial charge in [0.1, 0.15) is 17.3 Å². The topological polar surface area (TPSA) is 90.3 Å². The quantitative estimate of drug-likeness (QED) is 0.803. The Bertz CT molecular complexity index is 906. The van der Waals surface area contributed by atoms with Gasteiger partial charge in [-0.3, -0.25) is 4.98 Å². The number of carbonyl (C=O) groups excluding carboxylic acids is 1. The number of nitrogens with zero attached hydrogens (tertiary/aromatic N) is 2. The summed E-state index contributed by atoms with van der Waals surface area (Å²) in [5.74, 6) is -0.798. The fraction of sp³-hybridized carbons (Fsp3) is 0.429. The van der Waals surface area contributed by atoms with E-state index in [9.17, 15) is 26.4 Å². The van der Waals surface area contributed by atoms with Gasteiger partial charge in [-0.25, -0.2) is 13.2 Å². The molecule has 0 aliphatic carbocycles. The molecule has 2 rings (SSSR count). The van der Waals surface area contributed by atoms with E-state index < -0.39 is 33.2 Å². The summed E-state index contributed by atoms with van der Waals surface area (Å²) in [6, 6.07) is 0.616. The zero-order valence-corrected chi connectivity index (χ0v) is 14.4. The van der Waals surface area contributed by atoms with Crippen LogP contribution in [0.5, 0.6) is 0 Å². The second kappa shape index (κ2) is 6.64. The average Bonchev–Trinajstić information content (AvgIpc) is 2.78. The van der Waals surface area contributed by atoms with Crippen LogP contribution in [-0.2, 0) is 21.8 Å². The van der Waals surface area contributed by atoms with E-state index >= 15 is 0 Å². The lowest BCUT2D eigenvalue weighted by Gasteiger charge is -2.17. The Morgan fingerprint density at radius 3 is 2.64 bits per heavy atom. The van der Waals surface area contributed by atoms with Gasteiger partial charge in [-0.2, -0.15) is 17.9 Å². The molecule has 2 aromatic rings. The second-order valence-electron chi connectivity index (χ2n) is 5.22. The smallest absolute Gasteiger partial charge is 0.404 e. The highest BCUT2D eigenvalue weighted by atomic mass is 32.2. The molecule has 138 valence electrons. The van der Waals surface area contributed by atoms with E-state index in [0.717, 1.165) is 4.57 Å². The van der Waals surface area contributed by atoms with Crippen molar-refractivity contribution in [3.8, 4) is 0 Å². The Morgan fingerprint density at radius 2 is 2.08 bits per heavy atom. The number of alkyl halides is 3. The van der Waals surface area contributed by atoms with Crippen molar-refractivity contribution in [2.24, 2.45) is 7.05 Å². The van der Waals surface area contributed by atoms with Gasteiger partial charge in [0.25, 0.3) is 10.0 Å². The molecular weight excluding hydrogens is 363 g/mol. The van der Waals surface area contributed by atoms with Crippen LogP contribution in [-0.4, -0.2) is 42.8 Å². The zero-order valence-electron chi connectivity index (χ0n) is 13.6. The van der Waals surface area contributed by atoms with Gasteiger partial charge in [0, 0.05) is 18.6 Å². The third-order valence-electron chi connectivity index (χ3n) is 3.45. The van der Waals surface area contributed by atoms with Gasteiger partial charge >= 0.3 is 12.1 Å². The minimum absolute atomic E-state index is 0.0528. The summed E-state index contributed by atoms with van der Waals surface area (Å²) in [4.78, 5) is 16.0. The molecule has 0 aliphatic heterocycles. The predicted octanol–water partition coefficient (Wildman–Crippen LogP) is 1.98. The highest BCUT2D eigenvalue weighted by Crippen LogP contribution is 2.29. The average molecular weight is 379 g/mol. The fourth-order valence-electron chi connectivity index (χ4n) is 2.32. The maximum absolute atomic E-state index is 12.7. The van der Waals surface area contributed by atoms with Gasteiger partial charge < -0.3 is 9.30 Å². The summed E-state index contributed by atoms with van der Waals surface area (Å²) in [6.45, 7) is 2.31. The lowest BCUT2D eigenvalue weighted by Crippen LogP contribution is -2.43. The van der Waals surface area contributed by atoms with Crippen molar-refractivity contribution in [1.82, 2.24) is 14.3 Å². The number of fused-ring (bicyclic) bond motifs is 1. The van der Waals surface area contributed by atoms with Gasteiger partial charge in [-0.15, -0.1) is 0 Å². The largest absolute Gasteiger partial charge is 0.461 e. The number of pyridine rings is 1. The van der Waals surface area contributed by atoms with Crippen molar-refractivity contribution >= 4 is 26.9 Å². The SMILES string of the molecule is CCOC(=O)c1c2cccnc2c(S(=O)(=O)NC(C)C(F)(F)F)n1C. The highest BCUT2D eigenvalue weighted by Gasteiger charge is 2.40. The van der Waals surface area contributed by atoms with Crippen LogP contribution in [0.1, 0.15) is 24.3 Å². The summed E-state index contributed by atoms with van der Waals surface area (Å²) >= 11 is 0. The van der Waals surface area contributed by atoms with E-state index in [2.05, 4.69) is 4.98 Å². The van der Waals surface area contributed by atoms with Crippen LogP contribution in [0.15, 0.2) is 23.4 Å². The first-order chi connectivity index (χ1) is 11.5. The fourth-order valence-corrected chi connectivity index (χ4v) is 3.90. The van der Waals surface area contributed by atoms with E-state index in [1.54, 1.807) is 11.6 Å². The molecule has 0 fully saturated rings. The summed E-state index contributed by atoms with van der Waals surface area (Å²) in [7, 11) is -3.35. The molecular formula is C14H16F3N3O4S.